The van der Waals surface area contributed by atoms with Crippen molar-refractivity contribution in [3.8, 4) is 35.4 Å². The number of carbonyl (C=O) groups excluding carboxylic acids is 2. The molecule has 8 aliphatic rings. The molecule has 2 bridgehead atoms. The molecule has 406 valence electrons. The van der Waals surface area contributed by atoms with Crippen LogP contribution < -0.4 is 9.64 Å². The molecule has 4 aromatic rings. The van der Waals surface area contributed by atoms with Crippen molar-refractivity contribution >= 4 is 39.6 Å². The van der Waals surface area contributed by atoms with Crippen LogP contribution in [0.25, 0.3) is 32.9 Å². The predicted molar refractivity (Wildman–Crippen MR) is 281 cm³/mol. The summed E-state index contributed by atoms with van der Waals surface area (Å²) in [5.74, 6) is 3.42. The number of terminal acetylenes is 1. The maximum atomic E-state index is 17.4. The van der Waals surface area contributed by atoms with Crippen molar-refractivity contribution in [3.05, 3.63) is 47.7 Å². The molecule has 0 radical (unpaired) electrons. The highest BCUT2D eigenvalue weighted by atomic mass is 19.1. The summed E-state index contributed by atoms with van der Waals surface area (Å²) in [7, 11) is 0. The molecule has 13 nitrogen and oxygen atoms in total. The number of hydrogen-bond acceptors (Lipinski definition) is 12. The number of benzene rings is 2. The second kappa shape index (κ2) is 19.5. The SMILES string of the molecule is C#Cc1c(F)ccc2cc(O)cc(-c3ncc4c(N5CC6CCC(C5)N6C(=O)OC(C)OC(=O)CC[C@H](C)[C@@H]5CC[C@@H]6[C@H]7[C@H](O)C[C@H]8CCCC[C@@]8(C)[C@@H]7CC[C@]65C)nc(OC[C@@]56CCCN5C[C@H](F)C6)nc4c3F)c12. The van der Waals surface area contributed by atoms with Gasteiger partial charge in [0.2, 0.25) is 6.29 Å². The molecular weight excluding hydrogens is 974 g/mol. The zero-order valence-electron chi connectivity index (χ0n) is 44.4. The van der Waals surface area contributed by atoms with Gasteiger partial charge in [0.1, 0.15) is 41.4 Å². The molecule has 2 aromatic carbocycles. The Labute approximate surface area is 443 Å². The van der Waals surface area contributed by atoms with Crippen LogP contribution in [-0.4, -0.2) is 116 Å². The fourth-order valence-corrected chi connectivity index (χ4v) is 17.5. The molecule has 8 fully saturated rings. The number of rotatable bonds is 11. The van der Waals surface area contributed by atoms with Crippen molar-refractivity contribution < 1.29 is 47.2 Å². The summed E-state index contributed by atoms with van der Waals surface area (Å²) in [6, 6.07) is 4.60. The lowest BCUT2D eigenvalue weighted by Crippen LogP contribution is -2.57. The van der Waals surface area contributed by atoms with Crippen molar-refractivity contribution in [2.75, 3.05) is 37.7 Å². The Hall–Kier alpha value is -5.40. The molecule has 1 amide bonds. The zero-order valence-corrected chi connectivity index (χ0v) is 44.4. The van der Waals surface area contributed by atoms with Gasteiger partial charge in [0.05, 0.1) is 34.7 Å². The first-order chi connectivity index (χ1) is 36.5. The lowest BCUT2D eigenvalue weighted by atomic mass is 9.44. The first-order valence-electron chi connectivity index (χ1n) is 28.4. The number of alkyl halides is 1. The Morgan fingerprint density at radius 2 is 1.72 bits per heavy atom. The number of ether oxygens (including phenoxy) is 3. The van der Waals surface area contributed by atoms with E-state index in [-0.39, 0.29) is 81.5 Å². The minimum Gasteiger partial charge on any atom is -0.508 e. The summed E-state index contributed by atoms with van der Waals surface area (Å²) in [5, 5.41) is 23.3. The largest absolute Gasteiger partial charge is 0.508 e. The Balaban J connectivity index is 0.726. The number of phenolic OH excluding ortho intramolecular Hbond substituents is 1. The monoisotopic (exact) mass is 1050 g/mol. The van der Waals surface area contributed by atoms with Gasteiger partial charge in [0.25, 0.3) is 0 Å². The third-order valence-corrected chi connectivity index (χ3v) is 21.0. The van der Waals surface area contributed by atoms with Gasteiger partial charge in [-0.3, -0.25) is 19.6 Å². The first-order valence-corrected chi connectivity index (χ1v) is 28.4. The van der Waals surface area contributed by atoms with E-state index in [9.17, 15) is 24.2 Å². The van der Waals surface area contributed by atoms with E-state index in [1.807, 2.05) is 4.90 Å². The Kier molecular flexibility index (Phi) is 13.2. The van der Waals surface area contributed by atoms with Crippen LogP contribution in [0.15, 0.2) is 30.5 Å². The number of carbonyl (C=O) groups is 2. The number of piperazine rings is 1. The summed E-state index contributed by atoms with van der Waals surface area (Å²) in [6.07, 6.45) is 19.2. The van der Waals surface area contributed by atoms with Crippen LogP contribution in [0.3, 0.4) is 0 Å². The van der Waals surface area contributed by atoms with Crippen LogP contribution in [0.2, 0.25) is 0 Å². The smallest absolute Gasteiger partial charge is 0.413 e. The Bertz CT molecular complexity index is 2980. The van der Waals surface area contributed by atoms with Gasteiger partial charge in [-0.2, -0.15) is 9.97 Å². The van der Waals surface area contributed by atoms with Crippen molar-refractivity contribution in [2.24, 2.45) is 46.3 Å². The number of aromatic hydroxyl groups is 1. The summed E-state index contributed by atoms with van der Waals surface area (Å²) in [6.45, 7) is 10.6. The van der Waals surface area contributed by atoms with Crippen LogP contribution in [0.5, 0.6) is 11.8 Å². The average molecular weight is 1050 g/mol. The number of hydrogen-bond donors (Lipinski definition) is 2. The number of halogens is 3. The molecule has 4 aliphatic heterocycles. The van der Waals surface area contributed by atoms with Crippen LogP contribution in [0.4, 0.5) is 23.8 Å². The van der Waals surface area contributed by atoms with Crippen LogP contribution in [0.1, 0.15) is 136 Å². The zero-order chi connectivity index (χ0) is 53.0. The van der Waals surface area contributed by atoms with Crippen LogP contribution in [-0.2, 0) is 14.3 Å². The van der Waals surface area contributed by atoms with E-state index in [0.29, 0.717) is 97.4 Å². The number of amides is 1. The normalized spacial score (nSPS) is 34.5. The quantitative estimate of drug-likeness (QED) is 0.0836. The van der Waals surface area contributed by atoms with E-state index < -0.39 is 41.7 Å². The molecule has 4 saturated heterocycles. The number of phenols is 1. The topological polar surface area (TPSA) is 151 Å². The van der Waals surface area contributed by atoms with Crippen LogP contribution >= 0.6 is 0 Å². The van der Waals surface area contributed by atoms with E-state index in [1.54, 1.807) is 11.8 Å². The minimum absolute atomic E-state index is 0.0748. The third kappa shape index (κ3) is 8.54. The van der Waals surface area contributed by atoms with Gasteiger partial charge in [-0.1, -0.05) is 45.6 Å². The highest BCUT2D eigenvalue weighted by molar-refractivity contribution is 6.03. The molecule has 4 saturated carbocycles. The fraction of sp³-hybridized carbons (Fsp3) is 0.650. The van der Waals surface area contributed by atoms with Gasteiger partial charge in [0, 0.05) is 56.5 Å². The summed E-state index contributed by atoms with van der Waals surface area (Å²) >= 11 is 0. The lowest BCUT2D eigenvalue weighted by molar-refractivity contribution is -0.168. The number of anilines is 1. The van der Waals surface area contributed by atoms with E-state index in [0.717, 1.165) is 38.6 Å². The number of fused-ring (bicyclic) bond motifs is 10. The summed E-state index contributed by atoms with van der Waals surface area (Å²) in [5.41, 5.74) is -0.442. The molecule has 0 spiro atoms. The summed E-state index contributed by atoms with van der Waals surface area (Å²) < 4.78 is 65.3. The molecule has 3 unspecified atom stereocenters. The van der Waals surface area contributed by atoms with E-state index >= 15 is 8.78 Å². The highest BCUT2D eigenvalue weighted by Gasteiger charge is 2.62. The second-order valence-electron chi connectivity index (χ2n) is 25.0. The third-order valence-electron chi connectivity index (χ3n) is 21.0. The molecular formula is C60H73F3N6O7. The molecule has 12 rings (SSSR count). The van der Waals surface area contributed by atoms with Crippen molar-refractivity contribution in [1.29, 1.82) is 0 Å². The molecule has 16 heteroatoms. The standard InChI is InChI=1S/C60H73F3N6O7/c1-6-41-47(62)17-12-35-24-40(70)26-42(50(35)41)53-52(63)54-43(28-64-53)55(66-56(65-54)74-32-60-21-9-23-68(60)29-37(61)27-60)67-30-38-13-14-39(31-67)69(38)57(73)76-34(3)75-49(72)18-11-33(2)44-15-16-45-51-46(19-22-59(44,45)5)58(4)20-8-7-10-36(58)25-48(51)71/h1,12,17,24,26,28,33-34,36-39,44-46,48,51,70-71H,7-11,13-16,18-23,25,27,29-32H2,2-5H3/t33-,34?,36+,37+,38?,39?,44-,45+,46+,48+,51+,58+,59-,60-/m0/s1. The fourth-order valence-electron chi connectivity index (χ4n) is 17.5. The van der Waals surface area contributed by atoms with Gasteiger partial charge < -0.3 is 29.3 Å². The molecule has 4 aliphatic carbocycles. The highest BCUT2D eigenvalue weighted by Crippen LogP contribution is 2.68. The van der Waals surface area contributed by atoms with Crippen molar-refractivity contribution in [3.63, 3.8) is 0 Å². The second-order valence-corrected chi connectivity index (χ2v) is 25.0. The van der Waals surface area contributed by atoms with Crippen LogP contribution in [0, 0.1) is 70.3 Å². The molecule has 6 heterocycles. The van der Waals surface area contributed by atoms with E-state index in [2.05, 4.69) is 41.6 Å². The van der Waals surface area contributed by atoms with Gasteiger partial charge in [0.15, 0.2) is 5.82 Å². The maximum Gasteiger partial charge on any atom is 0.413 e. The van der Waals surface area contributed by atoms with Gasteiger partial charge in [-0.15, -0.1) is 6.42 Å². The maximum absolute atomic E-state index is 17.4. The van der Waals surface area contributed by atoms with Gasteiger partial charge in [-0.25, -0.2) is 18.0 Å². The number of aliphatic hydroxyl groups is 1. The Morgan fingerprint density at radius 3 is 2.51 bits per heavy atom. The molecule has 2 N–H and O–H groups in total. The minimum atomic E-state index is -1.11. The Morgan fingerprint density at radius 1 is 0.934 bits per heavy atom. The number of pyridine rings is 1. The number of esters is 1. The van der Waals surface area contributed by atoms with Crippen molar-refractivity contribution in [1.82, 2.24) is 24.8 Å². The first kappa shape index (κ1) is 51.4. The van der Waals surface area contributed by atoms with Crippen molar-refractivity contribution in [2.45, 2.75) is 167 Å². The van der Waals surface area contributed by atoms with Gasteiger partial charge >= 0.3 is 18.1 Å². The predicted octanol–water partition coefficient (Wildman–Crippen LogP) is 10.9. The number of aliphatic hydroxyl groups excluding tert-OH is 1. The number of aromatic nitrogens is 3. The molecule has 2 aromatic heterocycles. The molecule has 14 atom stereocenters. The van der Waals surface area contributed by atoms with E-state index in [1.165, 1.54) is 69.0 Å². The lowest BCUT2D eigenvalue weighted by Gasteiger charge is -2.62. The average Bonchev–Trinajstić information content (AvgIpc) is 4.12. The number of nitrogens with zero attached hydrogens (tertiary/aromatic N) is 6. The summed E-state index contributed by atoms with van der Waals surface area (Å²) in [4.78, 5) is 47.3. The van der Waals surface area contributed by atoms with E-state index in [4.69, 9.17) is 25.6 Å². The van der Waals surface area contributed by atoms with Gasteiger partial charge in [-0.05, 0) is 154 Å². The molecule has 76 heavy (non-hydrogen) atoms.